The fourth-order valence-corrected chi connectivity index (χ4v) is 1.70. The number of nitrogen functional groups attached to an aromatic ring is 1. The predicted molar refractivity (Wildman–Crippen MR) is 70.3 cm³/mol. The first-order valence-electron chi connectivity index (χ1n) is 5.96. The van der Waals surface area contributed by atoms with Gasteiger partial charge in [0, 0.05) is 12.6 Å². The smallest absolute Gasteiger partial charge is 0.255 e. The molecule has 100 valence electrons. The lowest BCUT2D eigenvalue weighted by molar-refractivity contribution is 0.0914. The van der Waals surface area contributed by atoms with Crippen molar-refractivity contribution in [3.8, 4) is 5.75 Å². The summed E-state index contributed by atoms with van der Waals surface area (Å²) in [7, 11) is 0. The van der Waals surface area contributed by atoms with Crippen molar-refractivity contribution in [2.24, 2.45) is 5.92 Å². The zero-order chi connectivity index (χ0) is 13.7. The lowest BCUT2D eigenvalue weighted by atomic mass is 10.0. The van der Waals surface area contributed by atoms with Gasteiger partial charge in [0.2, 0.25) is 0 Å². The van der Waals surface area contributed by atoms with Crippen LogP contribution in [0.25, 0.3) is 0 Å². The number of anilines is 1. The Hall–Kier alpha value is -1.75. The van der Waals surface area contributed by atoms with Crippen LogP contribution in [0.2, 0.25) is 0 Å². The van der Waals surface area contributed by atoms with Gasteiger partial charge in [-0.3, -0.25) is 4.79 Å². The number of para-hydroxylation sites is 1. The number of nitrogens with one attached hydrogen (secondary N) is 1. The highest BCUT2D eigenvalue weighted by Crippen LogP contribution is 2.24. The number of carbonyl (C=O) groups excluding carboxylic acids is 1. The summed E-state index contributed by atoms with van der Waals surface area (Å²) in [5, 5.41) is 21.4. The molecule has 18 heavy (non-hydrogen) atoms. The van der Waals surface area contributed by atoms with Gasteiger partial charge in [-0.15, -0.1) is 0 Å². The second-order valence-electron chi connectivity index (χ2n) is 4.58. The Bertz CT molecular complexity index is 419. The molecular formula is C13H20N2O3. The normalized spacial score (nSPS) is 12.4. The molecule has 0 radical (unpaired) electrons. The third-order valence-electron chi connectivity index (χ3n) is 2.87. The molecule has 5 heteroatoms. The molecule has 1 unspecified atom stereocenters. The highest BCUT2D eigenvalue weighted by atomic mass is 16.3. The van der Waals surface area contributed by atoms with E-state index in [1.54, 1.807) is 6.07 Å². The van der Waals surface area contributed by atoms with E-state index >= 15 is 0 Å². The zero-order valence-corrected chi connectivity index (χ0v) is 10.7. The van der Waals surface area contributed by atoms with Gasteiger partial charge in [-0.25, -0.2) is 0 Å². The van der Waals surface area contributed by atoms with Crippen molar-refractivity contribution in [3.05, 3.63) is 23.8 Å². The SMILES string of the molecule is CC(C)C(CCO)NC(=O)c1cccc(N)c1O. The number of hydrogen-bond acceptors (Lipinski definition) is 4. The molecule has 0 bridgehead atoms. The second-order valence-corrected chi connectivity index (χ2v) is 4.58. The second kappa shape index (κ2) is 6.26. The first kappa shape index (κ1) is 14.3. The van der Waals surface area contributed by atoms with E-state index in [0.29, 0.717) is 6.42 Å². The molecule has 0 aliphatic heterocycles. The molecule has 0 aliphatic rings. The van der Waals surface area contributed by atoms with Crippen LogP contribution in [0.1, 0.15) is 30.6 Å². The number of phenolic OH excluding ortho intramolecular Hbond substituents is 1. The van der Waals surface area contributed by atoms with E-state index < -0.39 is 0 Å². The first-order chi connectivity index (χ1) is 8.47. The predicted octanol–water partition coefficient (Wildman–Crippen LogP) is 1.11. The number of rotatable bonds is 5. The Morgan fingerprint density at radius 2 is 2.11 bits per heavy atom. The molecule has 5 nitrogen and oxygen atoms in total. The molecule has 0 aliphatic carbocycles. The fourth-order valence-electron chi connectivity index (χ4n) is 1.70. The van der Waals surface area contributed by atoms with Crippen LogP contribution in [0.4, 0.5) is 5.69 Å². The molecule has 1 aromatic carbocycles. The van der Waals surface area contributed by atoms with Crippen LogP contribution in [0.3, 0.4) is 0 Å². The summed E-state index contributed by atoms with van der Waals surface area (Å²) < 4.78 is 0. The number of carbonyl (C=O) groups is 1. The summed E-state index contributed by atoms with van der Waals surface area (Å²) in [6, 6.07) is 4.51. The lowest BCUT2D eigenvalue weighted by Crippen LogP contribution is -2.39. The van der Waals surface area contributed by atoms with E-state index in [4.69, 9.17) is 10.8 Å². The minimum Gasteiger partial charge on any atom is -0.505 e. The van der Waals surface area contributed by atoms with Gasteiger partial charge in [0.1, 0.15) is 0 Å². The van der Waals surface area contributed by atoms with E-state index in [0.717, 1.165) is 0 Å². The zero-order valence-electron chi connectivity index (χ0n) is 10.7. The van der Waals surface area contributed by atoms with Gasteiger partial charge in [-0.1, -0.05) is 19.9 Å². The van der Waals surface area contributed by atoms with E-state index in [-0.39, 0.29) is 41.5 Å². The summed E-state index contributed by atoms with van der Waals surface area (Å²) in [4.78, 5) is 12.0. The van der Waals surface area contributed by atoms with Crippen LogP contribution >= 0.6 is 0 Å². The Morgan fingerprint density at radius 3 is 2.67 bits per heavy atom. The third kappa shape index (κ3) is 3.37. The number of aliphatic hydroxyl groups is 1. The van der Waals surface area contributed by atoms with Crippen LogP contribution in [-0.4, -0.2) is 28.8 Å². The molecule has 0 saturated heterocycles. The largest absolute Gasteiger partial charge is 0.505 e. The Kier molecular flexibility index (Phi) is 4.97. The number of benzene rings is 1. The number of nitrogens with two attached hydrogens (primary N) is 1. The standard InChI is InChI=1S/C13H20N2O3/c1-8(2)11(6-7-16)15-13(18)9-4-3-5-10(14)12(9)17/h3-5,8,11,16-17H,6-7,14H2,1-2H3,(H,15,18). The summed E-state index contributed by atoms with van der Waals surface area (Å²) in [6.45, 7) is 3.92. The highest BCUT2D eigenvalue weighted by molar-refractivity contribution is 5.98. The van der Waals surface area contributed by atoms with Crippen molar-refractivity contribution in [2.45, 2.75) is 26.3 Å². The van der Waals surface area contributed by atoms with Gasteiger partial charge in [0.05, 0.1) is 11.3 Å². The van der Waals surface area contributed by atoms with Crippen molar-refractivity contribution < 1.29 is 15.0 Å². The van der Waals surface area contributed by atoms with Crippen LogP contribution in [0.5, 0.6) is 5.75 Å². The highest BCUT2D eigenvalue weighted by Gasteiger charge is 2.19. The van der Waals surface area contributed by atoms with Gasteiger partial charge >= 0.3 is 0 Å². The molecule has 1 rings (SSSR count). The van der Waals surface area contributed by atoms with E-state index in [2.05, 4.69) is 5.32 Å². The number of hydrogen-bond donors (Lipinski definition) is 4. The van der Waals surface area contributed by atoms with Crippen molar-refractivity contribution in [3.63, 3.8) is 0 Å². The van der Waals surface area contributed by atoms with Crippen LogP contribution < -0.4 is 11.1 Å². The number of phenols is 1. The maximum Gasteiger partial charge on any atom is 0.255 e. The third-order valence-corrected chi connectivity index (χ3v) is 2.87. The van der Waals surface area contributed by atoms with Gasteiger partial charge in [0.25, 0.3) is 5.91 Å². The molecule has 0 heterocycles. The monoisotopic (exact) mass is 252 g/mol. The molecule has 1 amide bonds. The summed E-state index contributed by atoms with van der Waals surface area (Å²) in [6.07, 6.45) is 0.479. The molecule has 1 atom stereocenters. The Balaban J connectivity index is 2.84. The minimum absolute atomic E-state index is 0.00599. The van der Waals surface area contributed by atoms with Gasteiger partial charge in [-0.05, 0) is 24.5 Å². The Labute approximate surface area is 107 Å². The van der Waals surface area contributed by atoms with Crippen LogP contribution in [0.15, 0.2) is 18.2 Å². The first-order valence-corrected chi connectivity index (χ1v) is 5.96. The van der Waals surface area contributed by atoms with Gasteiger partial charge in [0.15, 0.2) is 5.75 Å². The fraction of sp³-hybridized carbons (Fsp3) is 0.462. The van der Waals surface area contributed by atoms with Crippen molar-refractivity contribution in [1.29, 1.82) is 0 Å². The molecule has 5 N–H and O–H groups in total. The summed E-state index contributed by atoms with van der Waals surface area (Å²) in [5.74, 6) is -0.391. The molecule has 0 saturated carbocycles. The Morgan fingerprint density at radius 1 is 1.44 bits per heavy atom. The van der Waals surface area contributed by atoms with Gasteiger partial charge in [-0.2, -0.15) is 0 Å². The average molecular weight is 252 g/mol. The molecule has 1 aromatic rings. The maximum atomic E-state index is 12.0. The van der Waals surface area contributed by atoms with E-state index in [9.17, 15) is 9.90 Å². The van der Waals surface area contributed by atoms with Crippen molar-refractivity contribution in [2.75, 3.05) is 12.3 Å². The van der Waals surface area contributed by atoms with Crippen molar-refractivity contribution >= 4 is 11.6 Å². The number of aromatic hydroxyl groups is 1. The summed E-state index contributed by atoms with van der Waals surface area (Å²) >= 11 is 0. The molecule has 0 fully saturated rings. The minimum atomic E-state index is -0.382. The number of amides is 1. The van der Waals surface area contributed by atoms with Crippen LogP contribution in [-0.2, 0) is 0 Å². The summed E-state index contributed by atoms with van der Waals surface area (Å²) in [5.41, 5.74) is 5.86. The van der Waals surface area contributed by atoms with Gasteiger partial charge < -0.3 is 21.3 Å². The number of aliphatic hydroxyl groups excluding tert-OH is 1. The maximum absolute atomic E-state index is 12.0. The molecular weight excluding hydrogens is 232 g/mol. The quantitative estimate of drug-likeness (QED) is 0.466. The molecule has 0 spiro atoms. The van der Waals surface area contributed by atoms with E-state index in [1.807, 2.05) is 13.8 Å². The molecule has 0 aromatic heterocycles. The lowest BCUT2D eigenvalue weighted by Gasteiger charge is -2.21. The van der Waals surface area contributed by atoms with E-state index in [1.165, 1.54) is 12.1 Å². The van der Waals surface area contributed by atoms with Crippen molar-refractivity contribution in [1.82, 2.24) is 5.32 Å². The average Bonchev–Trinajstić information content (AvgIpc) is 2.31. The topological polar surface area (TPSA) is 95.6 Å². The van der Waals surface area contributed by atoms with Crippen LogP contribution in [0, 0.1) is 5.92 Å².